The van der Waals surface area contributed by atoms with Crippen molar-refractivity contribution in [1.29, 1.82) is 0 Å². The topological polar surface area (TPSA) is 62.6 Å². The lowest BCUT2D eigenvalue weighted by atomic mass is 9.86. The van der Waals surface area contributed by atoms with Crippen molar-refractivity contribution in [1.82, 2.24) is 19.8 Å². The number of carbonyl (C=O) groups excluding carboxylic acids is 1. The van der Waals surface area contributed by atoms with E-state index in [1.807, 2.05) is 66.0 Å². The number of carbonyl (C=O) groups is 1. The summed E-state index contributed by atoms with van der Waals surface area (Å²) in [5, 5.41) is 1.91. The van der Waals surface area contributed by atoms with Crippen LogP contribution in [0.2, 0.25) is 0 Å². The minimum absolute atomic E-state index is 0.473. The van der Waals surface area contributed by atoms with Gasteiger partial charge < -0.3 is 19.5 Å². The summed E-state index contributed by atoms with van der Waals surface area (Å²) < 4.78 is 46.8. The second-order valence-corrected chi connectivity index (χ2v) is 11.2. The number of para-hydroxylation sites is 2. The molecule has 43 heavy (non-hydrogen) atoms. The number of halogens is 3. The molecule has 0 atom stereocenters. The van der Waals surface area contributed by atoms with Crippen LogP contribution in [-0.2, 0) is 16.9 Å². The Morgan fingerprint density at radius 1 is 0.907 bits per heavy atom. The van der Waals surface area contributed by atoms with Crippen LogP contribution in [0.3, 0.4) is 0 Å². The van der Waals surface area contributed by atoms with E-state index in [2.05, 4.69) is 33.4 Å². The fourth-order valence-corrected chi connectivity index (χ4v) is 6.58. The number of benzene rings is 3. The SMILES string of the molecule is CCn1c(N2CCN(CCCCC3(OC(=O)NCC(F)(F)F)c4ccccc4-c4ccccc43)CC2)nc2ccccc21. The predicted molar refractivity (Wildman–Crippen MR) is 161 cm³/mol. The Hall–Kier alpha value is -4.05. The summed E-state index contributed by atoms with van der Waals surface area (Å²) in [5.41, 5.74) is 4.52. The summed E-state index contributed by atoms with van der Waals surface area (Å²) in [6.45, 7) is 6.06. The van der Waals surface area contributed by atoms with Crippen molar-refractivity contribution in [2.75, 3.05) is 44.2 Å². The molecule has 0 radical (unpaired) electrons. The number of alkyl carbamates (subject to hydrolysis) is 1. The van der Waals surface area contributed by atoms with E-state index in [-0.39, 0.29) is 0 Å². The molecule has 2 aliphatic rings. The summed E-state index contributed by atoms with van der Waals surface area (Å²) >= 11 is 0. The van der Waals surface area contributed by atoms with E-state index in [0.717, 1.165) is 91.3 Å². The highest BCUT2D eigenvalue weighted by molar-refractivity contribution is 5.82. The maximum Gasteiger partial charge on any atom is 0.408 e. The van der Waals surface area contributed by atoms with Gasteiger partial charge in [-0.3, -0.25) is 4.90 Å². The van der Waals surface area contributed by atoms with Crippen LogP contribution in [0.25, 0.3) is 22.2 Å². The van der Waals surface area contributed by atoms with Crippen LogP contribution in [0.4, 0.5) is 23.9 Å². The summed E-state index contributed by atoms with van der Waals surface area (Å²) in [5.74, 6) is 1.02. The van der Waals surface area contributed by atoms with Crippen molar-refractivity contribution in [2.45, 2.75) is 44.5 Å². The van der Waals surface area contributed by atoms with Gasteiger partial charge in [0.25, 0.3) is 0 Å². The number of unbranched alkanes of at least 4 members (excludes halogenated alkanes) is 1. The van der Waals surface area contributed by atoms with E-state index in [0.29, 0.717) is 6.42 Å². The molecule has 3 aromatic carbocycles. The summed E-state index contributed by atoms with van der Waals surface area (Å²) in [6.07, 6.45) is -3.52. The Morgan fingerprint density at radius 3 is 2.19 bits per heavy atom. The van der Waals surface area contributed by atoms with Crippen molar-refractivity contribution < 1.29 is 22.7 Å². The number of imidazole rings is 1. The quantitative estimate of drug-likeness (QED) is 0.224. The third-order valence-electron chi connectivity index (χ3n) is 8.57. The smallest absolute Gasteiger partial charge is 0.408 e. The van der Waals surface area contributed by atoms with Crippen molar-refractivity contribution in [3.63, 3.8) is 0 Å². The Morgan fingerprint density at radius 2 is 1.53 bits per heavy atom. The average Bonchev–Trinajstić information content (AvgIpc) is 3.52. The van der Waals surface area contributed by atoms with E-state index in [9.17, 15) is 18.0 Å². The molecule has 226 valence electrons. The number of hydrogen-bond donors (Lipinski definition) is 1. The van der Waals surface area contributed by atoms with Crippen LogP contribution in [0.5, 0.6) is 0 Å². The minimum atomic E-state index is -4.52. The van der Waals surface area contributed by atoms with Gasteiger partial charge in [0.15, 0.2) is 5.60 Å². The molecule has 10 heteroatoms. The molecule has 0 saturated carbocycles. The first-order valence-electron chi connectivity index (χ1n) is 14.9. The largest absolute Gasteiger partial charge is 0.433 e. The molecular formula is C33H36F3N5O2. The fourth-order valence-electron chi connectivity index (χ4n) is 6.58. The normalized spacial score (nSPS) is 16.2. The maximum atomic E-state index is 12.9. The summed E-state index contributed by atoms with van der Waals surface area (Å²) in [7, 11) is 0. The molecule has 0 unspecified atom stereocenters. The monoisotopic (exact) mass is 591 g/mol. The molecule has 7 nitrogen and oxygen atoms in total. The number of nitrogens with zero attached hydrogens (tertiary/aromatic N) is 4. The number of anilines is 1. The lowest BCUT2D eigenvalue weighted by Gasteiger charge is -2.36. The highest BCUT2D eigenvalue weighted by Crippen LogP contribution is 2.52. The second kappa shape index (κ2) is 11.9. The summed E-state index contributed by atoms with van der Waals surface area (Å²) in [6, 6.07) is 23.6. The van der Waals surface area contributed by atoms with Crippen LogP contribution >= 0.6 is 0 Å². The van der Waals surface area contributed by atoms with Gasteiger partial charge in [0.05, 0.1) is 11.0 Å². The molecule has 1 saturated heterocycles. The van der Waals surface area contributed by atoms with Crippen LogP contribution in [0.15, 0.2) is 72.8 Å². The first kappa shape index (κ1) is 29.0. The van der Waals surface area contributed by atoms with Crippen LogP contribution in [0.1, 0.15) is 37.3 Å². The number of aryl methyl sites for hydroxylation is 1. The fraction of sp³-hybridized carbons (Fsp3) is 0.394. The maximum absolute atomic E-state index is 12.9. The molecule has 0 bridgehead atoms. The molecule has 1 aliphatic heterocycles. The molecule has 6 rings (SSSR count). The van der Waals surface area contributed by atoms with Crippen LogP contribution < -0.4 is 10.2 Å². The zero-order valence-electron chi connectivity index (χ0n) is 24.2. The predicted octanol–water partition coefficient (Wildman–Crippen LogP) is 6.56. The van der Waals surface area contributed by atoms with Crippen molar-refractivity contribution in [2.24, 2.45) is 0 Å². The van der Waals surface area contributed by atoms with Crippen LogP contribution in [-0.4, -0.2) is 66.0 Å². The molecule has 1 N–H and O–H groups in total. The van der Waals surface area contributed by atoms with Gasteiger partial charge in [-0.05, 0) is 56.0 Å². The number of fused-ring (bicyclic) bond motifs is 4. The zero-order chi connectivity index (χ0) is 30.0. The van der Waals surface area contributed by atoms with Crippen molar-refractivity contribution in [3.05, 3.63) is 83.9 Å². The van der Waals surface area contributed by atoms with Crippen molar-refractivity contribution >= 4 is 23.1 Å². The molecule has 1 fully saturated rings. The number of ether oxygens (including phenoxy) is 1. The van der Waals surface area contributed by atoms with Gasteiger partial charge in [-0.2, -0.15) is 13.2 Å². The van der Waals surface area contributed by atoms with Crippen molar-refractivity contribution in [3.8, 4) is 11.1 Å². The minimum Gasteiger partial charge on any atom is -0.433 e. The molecule has 4 aromatic rings. The molecule has 0 spiro atoms. The van der Waals surface area contributed by atoms with Gasteiger partial charge in [-0.25, -0.2) is 9.78 Å². The van der Waals surface area contributed by atoms with Crippen LogP contribution in [0, 0.1) is 0 Å². The molecule has 1 aromatic heterocycles. The highest BCUT2D eigenvalue weighted by atomic mass is 19.4. The Labute approximate surface area is 249 Å². The van der Waals surface area contributed by atoms with E-state index < -0.39 is 24.4 Å². The number of alkyl halides is 3. The number of amides is 1. The zero-order valence-corrected chi connectivity index (χ0v) is 24.2. The van der Waals surface area contributed by atoms with E-state index in [1.165, 1.54) is 0 Å². The third-order valence-corrected chi connectivity index (χ3v) is 8.57. The molecule has 1 aliphatic carbocycles. The first-order chi connectivity index (χ1) is 20.8. The Balaban J connectivity index is 1.11. The van der Waals surface area contributed by atoms with E-state index in [4.69, 9.17) is 9.72 Å². The second-order valence-electron chi connectivity index (χ2n) is 11.2. The number of nitrogens with one attached hydrogen (secondary N) is 1. The molecule has 2 heterocycles. The number of hydrogen-bond acceptors (Lipinski definition) is 5. The van der Waals surface area contributed by atoms with Gasteiger partial charge in [0.1, 0.15) is 6.54 Å². The standard InChI is InChI=1S/C33H36F3N5O2/c1-2-41-29-16-8-7-15-28(29)38-30(41)40-21-19-39(20-22-40)18-10-9-17-32(43-31(42)37-23-33(34,35)36)26-13-5-3-11-24(26)25-12-4-6-14-27(25)32/h3-8,11-16H,2,9-10,17-23H2,1H3,(H,37,42). The third kappa shape index (κ3) is 5.80. The lowest BCUT2D eigenvalue weighted by Crippen LogP contribution is -2.47. The molecule has 1 amide bonds. The van der Waals surface area contributed by atoms with Gasteiger partial charge in [0.2, 0.25) is 5.95 Å². The number of aromatic nitrogens is 2. The summed E-state index contributed by atoms with van der Waals surface area (Å²) in [4.78, 5) is 22.5. The first-order valence-corrected chi connectivity index (χ1v) is 14.9. The van der Waals surface area contributed by atoms with Gasteiger partial charge in [0, 0.05) is 43.9 Å². The average molecular weight is 592 g/mol. The van der Waals surface area contributed by atoms with E-state index in [1.54, 1.807) is 0 Å². The van der Waals surface area contributed by atoms with Gasteiger partial charge in [-0.15, -0.1) is 0 Å². The highest BCUT2D eigenvalue weighted by Gasteiger charge is 2.46. The van der Waals surface area contributed by atoms with Gasteiger partial charge >= 0.3 is 12.3 Å². The van der Waals surface area contributed by atoms with Gasteiger partial charge in [-0.1, -0.05) is 60.7 Å². The van der Waals surface area contributed by atoms with E-state index >= 15 is 0 Å². The lowest BCUT2D eigenvalue weighted by molar-refractivity contribution is -0.124. The Bertz CT molecular complexity index is 1550. The Kier molecular flexibility index (Phi) is 8.05. The number of rotatable bonds is 9. The molecular weight excluding hydrogens is 555 g/mol. The number of piperazine rings is 1.